The van der Waals surface area contributed by atoms with Crippen molar-refractivity contribution in [3.8, 4) is 0 Å². The lowest BCUT2D eigenvalue weighted by atomic mass is 10.3. The van der Waals surface area contributed by atoms with Gasteiger partial charge >= 0.3 is 0 Å². The molecule has 0 saturated carbocycles. The summed E-state index contributed by atoms with van der Waals surface area (Å²) in [6.07, 6.45) is 0. The Balaban J connectivity index is 2.37. The number of fused-ring (bicyclic) bond motifs is 1. The first-order valence-electron chi connectivity index (χ1n) is 5.55. The fourth-order valence-electron chi connectivity index (χ4n) is 1.91. The summed E-state index contributed by atoms with van der Waals surface area (Å²) in [6, 6.07) is 14.0. The van der Waals surface area contributed by atoms with Gasteiger partial charge in [-0.25, -0.2) is 9.20 Å². The highest BCUT2D eigenvalue weighted by molar-refractivity contribution is 7.94. The predicted octanol–water partition coefficient (Wildman–Crippen LogP) is 3.19. The highest BCUT2D eigenvalue weighted by Gasteiger charge is 2.24. The minimum Gasteiger partial charge on any atom is -0.367 e. The van der Waals surface area contributed by atoms with Crippen molar-refractivity contribution in [1.29, 1.82) is 0 Å². The third-order valence-electron chi connectivity index (χ3n) is 2.74. The lowest BCUT2D eigenvalue weighted by Gasteiger charge is -2.16. The molecule has 1 unspecified atom stereocenters. The van der Waals surface area contributed by atoms with Gasteiger partial charge in [0.05, 0.1) is 15.5 Å². The van der Waals surface area contributed by atoms with E-state index >= 15 is 0 Å². The van der Waals surface area contributed by atoms with Crippen LogP contribution in [-0.4, -0.2) is 10.2 Å². The van der Waals surface area contributed by atoms with Gasteiger partial charge in [-0.05, 0) is 30.3 Å². The van der Waals surface area contributed by atoms with E-state index in [2.05, 4.69) is 9.36 Å². The molecule has 1 aliphatic heterocycles. The molecule has 0 saturated heterocycles. The summed E-state index contributed by atoms with van der Waals surface area (Å²) in [5.41, 5.74) is 6.22. The molecule has 0 spiro atoms. The Morgan fingerprint density at radius 1 is 1.11 bits per heavy atom. The van der Waals surface area contributed by atoms with Crippen molar-refractivity contribution in [2.75, 3.05) is 0 Å². The standard InChI is InChI=1S/C13H10ClN3OS/c14-9-6-7-11-12(8-9)19(18,17-13(15)16-11)10-4-2-1-3-5-10/h1-8H,(H2,15,16,17,18). The number of nitrogens with zero attached hydrogens (tertiary/aromatic N) is 2. The number of hydrogen-bond donors (Lipinski definition) is 1. The molecule has 3 rings (SSSR count). The molecular formula is C13H10ClN3OS. The van der Waals surface area contributed by atoms with Gasteiger partial charge in [-0.15, -0.1) is 0 Å². The number of guanidine groups is 1. The highest BCUT2D eigenvalue weighted by Crippen LogP contribution is 2.36. The maximum Gasteiger partial charge on any atom is 0.229 e. The molecule has 2 aromatic carbocycles. The van der Waals surface area contributed by atoms with E-state index in [4.69, 9.17) is 17.3 Å². The van der Waals surface area contributed by atoms with Gasteiger partial charge in [0.25, 0.3) is 0 Å². The number of rotatable bonds is 1. The van der Waals surface area contributed by atoms with E-state index in [0.29, 0.717) is 20.5 Å². The molecule has 4 nitrogen and oxygen atoms in total. The first kappa shape index (κ1) is 12.2. The predicted molar refractivity (Wildman–Crippen MR) is 76.3 cm³/mol. The van der Waals surface area contributed by atoms with E-state index in [9.17, 15) is 4.21 Å². The second-order valence-electron chi connectivity index (χ2n) is 4.01. The molecule has 0 bridgehead atoms. The quantitative estimate of drug-likeness (QED) is 0.877. The van der Waals surface area contributed by atoms with E-state index in [-0.39, 0.29) is 5.96 Å². The lowest BCUT2D eigenvalue weighted by molar-refractivity contribution is 0.676. The zero-order chi connectivity index (χ0) is 13.5. The van der Waals surface area contributed by atoms with Crippen LogP contribution in [0.15, 0.2) is 67.7 Å². The van der Waals surface area contributed by atoms with Gasteiger partial charge in [0.2, 0.25) is 5.96 Å². The second kappa shape index (κ2) is 4.36. The molecule has 0 aliphatic carbocycles. The van der Waals surface area contributed by atoms with Crippen LogP contribution in [0.25, 0.3) is 0 Å². The number of nitrogens with two attached hydrogens (primary N) is 1. The van der Waals surface area contributed by atoms with E-state index < -0.39 is 9.73 Å². The van der Waals surface area contributed by atoms with Crippen LogP contribution in [0.1, 0.15) is 0 Å². The topological polar surface area (TPSA) is 67.8 Å². The number of aliphatic imine (C=N–C) groups is 1. The SMILES string of the molecule is NC1=Nc2ccc(Cl)cc2S(=O)(c2ccccc2)=N1. The minimum absolute atomic E-state index is 0.0173. The van der Waals surface area contributed by atoms with Gasteiger partial charge in [-0.1, -0.05) is 29.8 Å². The highest BCUT2D eigenvalue weighted by atomic mass is 35.5. The molecule has 2 aromatic rings. The zero-order valence-corrected chi connectivity index (χ0v) is 11.4. The van der Waals surface area contributed by atoms with Crippen molar-refractivity contribution in [2.45, 2.75) is 9.79 Å². The molecular weight excluding hydrogens is 282 g/mol. The van der Waals surface area contributed by atoms with E-state index in [1.54, 1.807) is 30.3 Å². The molecule has 6 heteroatoms. The van der Waals surface area contributed by atoms with Crippen LogP contribution < -0.4 is 5.73 Å². The maximum atomic E-state index is 13.2. The monoisotopic (exact) mass is 291 g/mol. The van der Waals surface area contributed by atoms with Crippen LogP contribution in [-0.2, 0) is 9.73 Å². The average molecular weight is 292 g/mol. The largest absolute Gasteiger partial charge is 0.367 e. The van der Waals surface area contributed by atoms with Gasteiger partial charge in [0.15, 0.2) is 0 Å². The first-order chi connectivity index (χ1) is 9.09. The molecule has 0 aromatic heterocycles. The van der Waals surface area contributed by atoms with E-state index in [0.717, 1.165) is 0 Å². The van der Waals surface area contributed by atoms with Crippen LogP contribution in [0.3, 0.4) is 0 Å². The number of halogens is 1. The summed E-state index contributed by atoms with van der Waals surface area (Å²) in [7, 11) is -2.82. The Kier molecular flexibility index (Phi) is 2.80. The van der Waals surface area contributed by atoms with Crippen molar-refractivity contribution in [2.24, 2.45) is 15.1 Å². The third-order valence-corrected chi connectivity index (χ3v) is 5.25. The minimum atomic E-state index is -2.82. The normalized spacial score (nSPS) is 21.2. The summed E-state index contributed by atoms with van der Waals surface area (Å²) in [5, 5.41) is 0.494. The maximum absolute atomic E-state index is 13.2. The van der Waals surface area contributed by atoms with E-state index in [1.807, 2.05) is 18.2 Å². The van der Waals surface area contributed by atoms with Crippen molar-refractivity contribution in [1.82, 2.24) is 0 Å². The van der Waals surface area contributed by atoms with Crippen molar-refractivity contribution in [3.63, 3.8) is 0 Å². The van der Waals surface area contributed by atoms with Gasteiger partial charge in [-0.2, -0.15) is 4.36 Å². The molecule has 0 fully saturated rings. The smallest absolute Gasteiger partial charge is 0.229 e. The summed E-state index contributed by atoms with van der Waals surface area (Å²) in [6.45, 7) is 0. The van der Waals surface area contributed by atoms with Gasteiger partial charge < -0.3 is 5.73 Å². The second-order valence-corrected chi connectivity index (χ2v) is 6.59. The fraction of sp³-hybridized carbons (Fsp3) is 0. The fourth-order valence-corrected chi connectivity index (χ4v) is 4.12. The molecule has 1 atom stereocenters. The Hall–Kier alpha value is -1.85. The number of benzene rings is 2. The average Bonchev–Trinajstić information content (AvgIpc) is 2.41. The summed E-state index contributed by atoms with van der Waals surface area (Å²) >= 11 is 5.98. The van der Waals surface area contributed by atoms with Crippen LogP contribution in [0, 0.1) is 0 Å². The molecule has 2 N–H and O–H groups in total. The Labute approximate surface area is 116 Å². The van der Waals surface area contributed by atoms with Crippen molar-refractivity contribution < 1.29 is 4.21 Å². The van der Waals surface area contributed by atoms with Crippen LogP contribution >= 0.6 is 11.6 Å². The Morgan fingerprint density at radius 2 is 1.84 bits per heavy atom. The molecule has 1 heterocycles. The summed E-state index contributed by atoms with van der Waals surface area (Å²) < 4.78 is 17.3. The Morgan fingerprint density at radius 3 is 2.58 bits per heavy atom. The molecule has 19 heavy (non-hydrogen) atoms. The molecule has 96 valence electrons. The van der Waals surface area contributed by atoms with Crippen LogP contribution in [0.4, 0.5) is 5.69 Å². The van der Waals surface area contributed by atoms with Crippen LogP contribution in [0.5, 0.6) is 0 Å². The number of hydrogen-bond acceptors (Lipinski definition) is 4. The van der Waals surface area contributed by atoms with E-state index in [1.165, 1.54) is 0 Å². The molecule has 0 amide bonds. The lowest BCUT2D eigenvalue weighted by Crippen LogP contribution is -2.16. The van der Waals surface area contributed by atoms with Gasteiger partial charge in [0, 0.05) is 5.02 Å². The zero-order valence-electron chi connectivity index (χ0n) is 9.79. The van der Waals surface area contributed by atoms with Crippen LogP contribution in [0.2, 0.25) is 5.02 Å². The third kappa shape index (κ3) is 2.01. The van der Waals surface area contributed by atoms with Gasteiger partial charge in [0.1, 0.15) is 9.73 Å². The van der Waals surface area contributed by atoms with Gasteiger partial charge in [-0.3, -0.25) is 0 Å². The van der Waals surface area contributed by atoms with Crippen molar-refractivity contribution in [3.05, 3.63) is 53.6 Å². The summed E-state index contributed by atoms with van der Waals surface area (Å²) in [5.74, 6) is 0.0173. The summed E-state index contributed by atoms with van der Waals surface area (Å²) in [4.78, 5) is 5.19. The van der Waals surface area contributed by atoms with Crippen molar-refractivity contribution >= 4 is 33.0 Å². The Bertz CT molecular complexity index is 793. The molecule has 1 aliphatic rings. The first-order valence-corrected chi connectivity index (χ1v) is 7.45. The molecule has 0 radical (unpaired) electrons.